The van der Waals surface area contributed by atoms with Gasteiger partial charge in [0.05, 0.1) is 4.90 Å². The fourth-order valence-corrected chi connectivity index (χ4v) is 3.23. The van der Waals surface area contributed by atoms with E-state index in [1.54, 1.807) is 18.3 Å². The van der Waals surface area contributed by atoms with Crippen LogP contribution in [0.15, 0.2) is 53.6 Å². The zero-order valence-electron chi connectivity index (χ0n) is 11.2. The van der Waals surface area contributed by atoms with E-state index in [-0.39, 0.29) is 17.1 Å². The number of aromatic nitrogens is 1. The first kappa shape index (κ1) is 15.7. The number of sulfone groups is 1. The SMILES string of the molecule is O=C(CCc1ccccn1)CS(=O)(=O)c1ccc(Cl)cc1. The van der Waals surface area contributed by atoms with Crippen LogP contribution in [0, 0.1) is 0 Å². The predicted molar refractivity (Wildman–Crippen MR) is 81.1 cm³/mol. The number of ketones is 1. The maximum absolute atomic E-state index is 12.1. The molecule has 4 nitrogen and oxygen atoms in total. The molecule has 6 heteroatoms. The molecular formula is C15H14ClNO3S. The molecule has 21 heavy (non-hydrogen) atoms. The van der Waals surface area contributed by atoms with Crippen molar-refractivity contribution in [2.24, 2.45) is 0 Å². The molecule has 0 aliphatic carbocycles. The second-order valence-corrected chi connectivity index (χ2v) is 7.00. The van der Waals surface area contributed by atoms with E-state index in [4.69, 9.17) is 11.6 Å². The lowest BCUT2D eigenvalue weighted by Crippen LogP contribution is -2.16. The van der Waals surface area contributed by atoms with Gasteiger partial charge in [0.25, 0.3) is 0 Å². The number of carbonyl (C=O) groups is 1. The molecule has 0 atom stereocenters. The van der Waals surface area contributed by atoms with E-state index >= 15 is 0 Å². The van der Waals surface area contributed by atoms with Crippen molar-refractivity contribution in [1.82, 2.24) is 4.98 Å². The number of rotatable bonds is 6. The minimum Gasteiger partial charge on any atom is -0.299 e. The number of Topliss-reactive ketones (excluding diaryl/α,β-unsaturated/α-hetero) is 1. The third-order valence-corrected chi connectivity index (χ3v) is 4.85. The van der Waals surface area contributed by atoms with Crippen molar-refractivity contribution in [3.8, 4) is 0 Å². The Hall–Kier alpha value is -1.72. The smallest absolute Gasteiger partial charge is 0.185 e. The summed E-state index contributed by atoms with van der Waals surface area (Å²) in [5.74, 6) is -0.822. The average molecular weight is 324 g/mol. The van der Waals surface area contributed by atoms with Crippen LogP contribution >= 0.6 is 11.6 Å². The molecule has 0 bridgehead atoms. The van der Waals surface area contributed by atoms with E-state index in [0.29, 0.717) is 11.4 Å². The summed E-state index contributed by atoms with van der Waals surface area (Å²) in [7, 11) is -3.61. The van der Waals surface area contributed by atoms with Crippen molar-refractivity contribution < 1.29 is 13.2 Å². The van der Waals surface area contributed by atoms with Crippen LogP contribution in [0.5, 0.6) is 0 Å². The molecule has 0 saturated carbocycles. The molecule has 1 aromatic heterocycles. The molecule has 1 heterocycles. The van der Waals surface area contributed by atoms with Crippen molar-refractivity contribution in [1.29, 1.82) is 0 Å². The van der Waals surface area contributed by atoms with Gasteiger partial charge in [0.15, 0.2) is 9.84 Å². The summed E-state index contributed by atoms with van der Waals surface area (Å²) in [6, 6.07) is 11.2. The van der Waals surface area contributed by atoms with Gasteiger partial charge in [-0.2, -0.15) is 0 Å². The van der Waals surface area contributed by atoms with E-state index in [9.17, 15) is 13.2 Å². The summed E-state index contributed by atoms with van der Waals surface area (Å²) in [4.78, 5) is 16.0. The fraction of sp³-hybridized carbons (Fsp3) is 0.200. The van der Waals surface area contributed by atoms with Gasteiger partial charge in [-0.15, -0.1) is 0 Å². The van der Waals surface area contributed by atoms with Gasteiger partial charge in [0.2, 0.25) is 0 Å². The molecule has 0 aliphatic rings. The molecule has 1 aromatic carbocycles. The topological polar surface area (TPSA) is 64.1 Å². The lowest BCUT2D eigenvalue weighted by atomic mass is 10.2. The van der Waals surface area contributed by atoms with E-state index in [1.807, 2.05) is 6.07 Å². The van der Waals surface area contributed by atoms with Gasteiger partial charge in [-0.1, -0.05) is 17.7 Å². The van der Waals surface area contributed by atoms with Crippen molar-refractivity contribution in [3.05, 3.63) is 59.4 Å². The Bertz CT molecular complexity index is 712. The number of benzene rings is 1. The highest BCUT2D eigenvalue weighted by atomic mass is 35.5. The minimum atomic E-state index is -3.61. The maximum Gasteiger partial charge on any atom is 0.185 e. The van der Waals surface area contributed by atoms with Gasteiger partial charge in [-0.3, -0.25) is 9.78 Å². The normalized spacial score (nSPS) is 11.3. The van der Waals surface area contributed by atoms with Crippen LogP contribution in [0.4, 0.5) is 0 Å². The molecule has 0 spiro atoms. The number of halogens is 1. The van der Waals surface area contributed by atoms with Crippen LogP contribution in [-0.2, 0) is 21.1 Å². The highest BCUT2D eigenvalue weighted by Gasteiger charge is 2.19. The van der Waals surface area contributed by atoms with E-state index < -0.39 is 15.6 Å². The van der Waals surface area contributed by atoms with Crippen LogP contribution in [0.1, 0.15) is 12.1 Å². The molecule has 2 aromatic rings. The molecular weight excluding hydrogens is 310 g/mol. The van der Waals surface area contributed by atoms with Crippen molar-refractivity contribution >= 4 is 27.2 Å². The molecule has 2 rings (SSSR count). The molecule has 0 unspecified atom stereocenters. The van der Waals surface area contributed by atoms with Crippen LogP contribution in [-0.4, -0.2) is 24.9 Å². The first-order valence-corrected chi connectivity index (χ1v) is 8.40. The Balaban J connectivity index is 1.97. The van der Waals surface area contributed by atoms with Gasteiger partial charge in [0, 0.05) is 23.3 Å². The fourth-order valence-electron chi connectivity index (χ4n) is 1.82. The van der Waals surface area contributed by atoms with Crippen LogP contribution in [0.2, 0.25) is 5.02 Å². The third-order valence-electron chi connectivity index (χ3n) is 2.91. The van der Waals surface area contributed by atoms with Crippen LogP contribution < -0.4 is 0 Å². The highest BCUT2D eigenvalue weighted by molar-refractivity contribution is 7.92. The van der Waals surface area contributed by atoms with Gasteiger partial charge in [-0.05, 0) is 42.8 Å². The summed E-state index contributed by atoms with van der Waals surface area (Å²) in [6.45, 7) is 0. The Kier molecular flexibility index (Phi) is 5.09. The third kappa shape index (κ3) is 4.65. The summed E-state index contributed by atoms with van der Waals surface area (Å²) < 4.78 is 24.2. The van der Waals surface area contributed by atoms with Crippen LogP contribution in [0.25, 0.3) is 0 Å². The van der Waals surface area contributed by atoms with Gasteiger partial charge >= 0.3 is 0 Å². The second-order valence-electron chi connectivity index (χ2n) is 4.57. The number of nitrogens with zero attached hydrogens (tertiary/aromatic N) is 1. The Morgan fingerprint density at radius 2 is 1.81 bits per heavy atom. The van der Waals surface area contributed by atoms with E-state index in [1.165, 1.54) is 24.3 Å². The van der Waals surface area contributed by atoms with E-state index in [2.05, 4.69) is 4.98 Å². The molecule has 0 fully saturated rings. The number of carbonyl (C=O) groups excluding carboxylic acids is 1. The molecule has 0 amide bonds. The number of hydrogen-bond donors (Lipinski definition) is 0. The van der Waals surface area contributed by atoms with Crippen molar-refractivity contribution in [3.63, 3.8) is 0 Å². The molecule has 110 valence electrons. The largest absolute Gasteiger partial charge is 0.299 e. The molecule has 0 saturated heterocycles. The van der Waals surface area contributed by atoms with Crippen LogP contribution in [0.3, 0.4) is 0 Å². The number of pyridine rings is 1. The zero-order valence-corrected chi connectivity index (χ0v) is 12.8. The summed E-state index contributed by atoms with van der Waals surface area (Å²) >= 11 is 5.72. The van der Waals surface area contributed by atoms with Crippen molar-refractivity contribution in [2.75, 3.05) is 5.75 Å². The first-order valence-electron chi connectivity index (χ1n) is 6.37. The summed E-state index contributed by atoms with van der Waals surface area (Å²) in [5, 5.41) is 0.454. The second kappa shape index (κ2) is 6.83. The zero-order chi connectivity index (χ0) is 15.3. The van der Waals surface area contributed by atoms with Crippen molar-refractivity contribution in [2.45, 2.75) is 17.7 Å². The highest BCUT2D eigenvalue weighted by Crippen LogP contribution is 2.16. The van der Waals surface area contributed by atoms with Gasteiger partial charge in [0.1, 0.15) is 11.5 Å². The quantitative estimate of drug-likeness (QED) is 0.820. The van der Waals surface area contributed by atoms with Gasteiger partial charge in [-0.25, -0.2) is 8.42 Å². The lowest BCUT2D eigenvalue weighted by Gasteiger charge is -2.04. The maximum atomic E-state index is 12.1. The molecule has 0 radical (unpaired) electrons. The summed E-state index contributed by atoms with van der Waals surface area (Å²) in [6.07, 6.45) is 2.24. The Morgan fingerprint density at radius 1 is 1.10 bits per heavy atom. The number of aryl methyl sites for hydroxylation is 1. The first-order chi connectivity index (χ1) is 9.97. The average Bonchev–Trinajstić information content (AvgIpc) is 2.46. The minimum absolute atomic E-state index is 0.109. The molecule has 0 N–H and O–H groups in total. The monoisotopic (exact) mass is 323 g/mol. The summed E-state index contributed by atoms with van der Waals surface area (Å²) in [5.41, 5.74) is 0.773. The standard InChI is InChI=1S/C15H14ClNO3S/c16-12-4-8-15(9-5-12)21(19,20)11-14(18)7-6-13-3-1-2-10-17-13/h1-5,8-10H,6-7,11H2. The Labute approximate surface area is 128 Å². The lowest BCUT2D eigenvalue weighted by molar-refractivity contribution is -0.116. The van der Waals surface area contributed by atoms with Gasteiger partial charge < -0.3 is 0 Å². The van der Waals surface area contributed by atoms with E-state index in [0.717, 1.165) is 5.69 Å². The predicted octanol–water partition coefficient (Wildman–Crippen LogP) is 2.71. The number of hydrogen-bond acceptors (Lipinski definition) is 4. The Morgan fingerprint density at radius 3 is 2.43 bits per heavy atom. The molecule has 0 aliphatic heterocycles.